The standard InChI is InChI=1S/C17H32N2O2.ClH/c1-14(2)11-17(5-4-6-17)15(20)19-12-16(13-21-3)7-9-18-10-8-16;/h14,18H,4-13H2,1-3H3,(H,19,20);1H. The Kier molecular flexibility index (Phi) is 7.63. The lowest BCUT2D eigenvalue weighted by Gasteiger charge is -2.43. The Bertz CT molecular complexity index is 345. The minimum atomic E-state index is -0.0741. The Morgan fingerprint density at radius 1 is 1.23 bits per heavy atom. The lowest BCUT2D eigenvalue weighted by atomic mass is 9.64. The lowest BCUT2D eigenvalue weighted by Crippen LogP contribution is -2.52. The van der Waals surface area contributed by atoms with Gasteiger partial charge in [-0.2, -0.15) is 0 Å². The number of rotatable bonds is 7. The number of hydrogen-bond donors (Lipinski definition) is 2. The third-order valence-corrected chi connectivity index (χ3v) is 5.33. The van der Waals surface area contributed by atoms with Gasteiger partial charge in [-0.1, -0.05) is 20.3 Å². The first kappa shape index (κ1) is 19.7. The van der Waals surface area contributed by atoms with Gasteiger partial charge in [-0.15, -0.1) is 12.4 Å². The molecule has 130 valence electrons. The molecule has 2 N–H and O–H groups in total. The van der Waals surface area contributed by atoms with Crippen molar-refractivity contribution in [3.8, 4) is 0 Å². The molecule has 2 aliphatic rings. The van der Waals surface area contributed by atoms with Crippen molar-refractivity contribution in [1.29, 1.82) is 0 Å². The summed E-state index contributed by atoms with van der Waals surface area (Å²) in [5, 5.41) is 6.68. The largest absolute Gasteiger partial charge is 0.384 e. The Morgan fingerprint density at radius 3 is 2.32 bits per heavy atom. The van der Waals surface area contributed by atoms with Crippen LogP contribution in [0.15, 0.2) is 0 Å². The number of halogens is 1. The van der Waals surface area contributed by atoms with Gasteiger partial charge >= 0.3 is 0 Å². The fraction of sp³-hybridized carbons (Fsp3) is 0.941. The Hall–Kier alpha value is -0.320. The van der Waals surface area contributed by atoms with Gasteiger partial charge in [0.1, 0.15) is 0 Å². The Labute approximate surface area is 141 Å². The van der Waals surface area contributed by atoms with Crippen molar-refractivity contribution in [2.45, 2.75) is 52.4 Å². The minimum absolute atomic E-state index is 0. The second-order valence-electron chi connectivity index (χ2n) is 7.60. The van der Waals surface area contributed by atoms with Crippen LogP contribution in [0, 0.1) is 16.7 Å². The normalized spacial score (nSPS) is 22.5. The first-order chi connectivity index (χ1) is 10.0. The van der Waals surface area contributed by atoms with Crippen molar-refractivity contribution in [2.75, 3.05) is 33.4 Å². The number of ether oxygens (including phenoxy) is 1. The lowest BCUT2D eigenvalue weighted by molar-refractivity contribution is -0.138. The molecule has 1 amide bonds. The number of carbonyl (C=O) groups excluding carboxylic acids is 1. The molecule has 2 rings (SSSR count). The summed E-state index contributed by atoms with van der Waals surface area (Å²) in [6.45, 7) is 7.99. The van der Waals surface area contributed by atoms with Crippen LogP contribution in [0.25, 0.3) is 0 Å². The van der Waals surface area contributed by atoms with Gasteiger partial charge in [0.15, 0.2) is 0 Å². The van der Waals surface area contributed by atoms with E-state index < -0.39 is 0 Å². The zero-order valence-electron chi connectivity index (χ0n) is 14.4. The first-order valence-corrected chi connectivity index (χ1v) is 8.50. The highest BCUT2D eigenvalue weighted by Gasteiger charge is 2.45. The molecule has 0 unspecified atom stereocenters. The van der Waals surface area contributed by atoms with E-state index in [4.69, 9.17) is 4.74 Å². The van der Waals surface area contributed by atoms with Crippen LogP contribution < -0.4 is 10.6 Å². The van der Waals surface area contributed by atoms with Gasteiger partial charge in [-0.25, -0.2) is 0 Å². The summed E-state index contributed by atoms with van der Waals surface area (Å²) in [6, 6.07) is 0. The Balaban J connectivity index is 0.00000242. The predicted octanol–water partition coefficient (Wildman–Crippen LogP) is 2.76. The number of hydrogen-bond acceptors (Lipinski definition) is 3. The number of amides is 1. The van der Waals surface area contributed by atoms with Gasteiger partial charge < -0.3 is 15.4 Å². The number of piperidine rings is 1. The van der Waals surface area contributed by atoms with Crippen LogP contribution >= 0.6 is 12.4 Å². The molecule has 1 saturated carbocycles. The fourth-order valence-corrected chi connectivity index (χ4v) is 4.00. The van der Waals surface area contributed by atoms with Crippen LogP contribution in [-0.4, -0.2) is 39.3 Å². The van der Waals surface area contributed by atoms with E-state index in [9.17, 15) is 4.79 Å². The minimum Gasteiger partial charge on any atom is -0.384 e. The topological polar surface area (TPSA) is 50.4 Å². The van der Waals surface area contributed by atoms with Crippen LogP contribution in [0.4, 0.5) is 0 Å². The molecule has 1 aliphatic heterocycles. The summed E-state index contributed by atoms with van der Waals surface area (Å²) in [4.78, 5) is 12.7. The van der Waals surface area contributed by atoms with Crippen LogP contribution in [0.2, 0.25) is 0 Å². The van der Waals surface area contributed by atoms with E-state index in [0.29, 0.717) is 5.92 Å². The SMILES string of the molecule is COCC1(CNC(=O)C2(CC(C)C)CCC2)CCNCC1.Cl. The predicted molar refractivity (Wildman–Crippen MR) is 92.4 cm³/mol. The van der Waals surface area contributed by atoms with Crippen molar-refractivity contribution in [1.82, 2.24) is 10.6 Å². The van der Waals surface area contributed by atoms with Crippen molar-refractivity contribution < 1.29 is 9.53 Å². The molecule has 0 bridgehead atoms. The zero-order chi connectivity index (χ0) is 15.3. The maximum Gasteiger partial charge on any atom is 0.226 e. The van der Waals surface area contributed by atoms with Crippen molar-refractivity contribution in [2.24, 2.45) is 16.7 Å². The average Bonchev–Trinajstić information content (AvgIpc) is 2.41. The highest BCUT2D eigenvalue weighted by Crippen LogP contribution is 2.46. The molecule has 0 aromatic carbocycles. The van der Waals surface area contributed by atoms with Crippen molar-refractivity contribution in [3.05, 3.63) is 0 Å². The van der Waals surface area contributed by atoms with E-state index in [1.807, 2.05) is 0 Å². The number of nitrogens with one attached hydrogen (secondary N) is 2. The van der Waals surface area contributed by atoms with Crippen molar-refractivity contribution in [3.63, 3.8) is 0 Å². The molecule has 5 heteroatoms. The van der Waals surface area contributed by atoms with Gasteiger partial charge in [0.2, 0.25) is 5.91 Å². The zero-order valence-corrected chi connectivity index (χ0v) is 15.2. The Morgan fingerprint density at radius 2 is 1.86 bits per heavy atom. The number of carbonyl (C=O) groups is 1. The molecule has 0 radical (unpaired) electrons. The van der Waals surface area contributed by atoms with Crippen molar-refractivity contribution >= 4 is 18.3 Å². The molecule has 0 atom stereocenters. The van der Waals surface area contributed by atoms with Crippen LogP contribution in [0.5, 0.6) is 0 Å². The molecule has 1 aliphatic carbocycles. The smallest absolute Gasteiger partial charge is 0.226 e. The first-order valence-electron chi connectivity index (χ1n) is 8.50. The third kappa shape index (κ3) is 4.59. The van der Waals surface area contributed by atoms with E-state index in [1.165, 1.54) is 6.42 Å². The summed E-state index contributed by atoms with van der Waals surface area (Å²) < 4.78 is 5.43. The maximum absolute atomic E-state index is 12.7. The van der Waals surface area contributed by atoms with E-state index in [0.717, 1.165) is 58.3 Å². The number of methoxy groups -OCH3 is 1. The highest BCUT2D eigenvalue weighted by atomic mass is 35.5. The molecule has 0 aromatic rings. The summed E-state index contributed by atoms with van der Waals surface area (Å²) in [5.41, 5.74) is 0.0494. The van der Waals surface area contributed by atoms with E-state index in [1.54, 1.807) is 7.11 Å². The van der Waals surface area contributed by atoms with Crippen LogP contribution in [0.3, 0.4) is 0 Å². The monoisotopic (exact) mass is 332 g/mol. The van der Waals surface area contributed by atoms with Gasteiger partial charge in [-0.05, 0) is 51.1 Å². The summed E-state index contributed by atoms with van der Waals surface area (Å²) in [7, 11) is 1.76. The molecule has 0 aromatic heterocycles. The van der Waals surface area contributed by atoms with E-state index >= 15 is 0 Å². The van der Waals surface area contributed by atoms with Crippen LogP contribution in [0.1, 0.15) is 52.4 Å². The van der Waals surface area contributed by atoms with E-state index in [-0.39, 0.29) is 29.1 Å². The van der Waals surface area contributed by atoms with Crippen LogP contribution in [-0.2, 0) is 9.53 Å². The van der Waals surface area contributed by atoms with Gasteiger partial charge in [-0.3, -0.25) is 4.79 Å². The molecular formula is C17H33ClN2O2. The fourth-order valence-electron chi connectivity index (χ4n) is 4.00. The molecular weight excluding hydrogens is 300 g/mol. The maximum atomic E-state index is 12.7. The molecule has 22 heavy (non-hydrogen) atoms. The second kappa shape index (κ2) is 8.51. The average molecular weight is 333 g/mol. The molecule has 1 saturated heterocycles. The molecule has 1 heterocycles. The van der Waals surface area contributed by atoms with Gasteiger partial charge in [0, 0.05) is 24.5 Å². The second-order valence-corrected chi connectivity index (χ2v) is 7.60. The molecule has 0 spiro atoms. The molecule has 4 nitrogen and oxygen atoms in total. The van der Waals surface area contributed by atoms with Gasteiger partial charge in [0.05, 0.1) is 6.61 Å². The summed E-state index contributed by atoms with van der Waals surface area (Å²) in [5.74, 6) is 0.874. The third-order valence-electron chi connectivity index (χ3n) is 5.33. The van der Waals surface area contributed by atoms with E-state index in [2.05, 4.69) is 24.5 Å². The van der Waals surface area contributed by atoms with Gasteiger partial charge in [0.25, 0.3) is 0 Å². The quantitative estimate of drug-likeness (QED) is 0.753. The highest BCUT2D eigenvalue weighted by molar-refractivity contribution is 5.85. The summed E-state index contributed by atoms with van der Waals surface area (Å²) >= 11 is 0. The summed E-state index contributed by atoms with van der Waals surface area (Å²) in [6.07, 6.45) is 6.52. The molecule has 2 fully saturated rings.